The molecule has 0 aliphatic heterocycles. The Balaban J connectivity index is 1.62. The van der Waals surface area contributed by atoms with Gasteiger partial charge in [0.05, 0.1) is 0 Å². The van der Waals surface area contributed by atoms with Crippen LogP contribution in [-0.2, 0) is 6.42 Å². The molecule has 0 saturated carbocycles. The van der Waals surface area contributed by atoms with E-state index >= 15 is 0 Å². The number of hydrogen-bond donors (Lipinski definition) is 2. The lowest BCUT2D eigenvalue weighted by atomic mass is 10.1. The lowest BCUT2D eigenvalue weighted by Gasteiger charge is -2.05. The van der Waals surface area contributed by atoms with Crippen LogP contribution >= 0.6 is 22.6 Å². The SMILES string of the molecule is O=C(NCCc1c[nH]c2ccccc12)c1cccc(I)c1. The first-order chi connectivity index (χ1) is 10.2. The summed E-state index contributed by atoms with van der Waals surface area (Å²) in [5.74, 6) is -0.0200. The van der Waals surface area contributed by atoms with Crippen LogP contribution < -0.4 is 5.32 Å². The van der Waals surface area contributed by atoms with Crippen molar-refractivity contribution in [3.05, 3.63) is 69.4 Å². The van der Waals surface area contributed by atoms with Crippen LogP contribution in [0.2, 0.25) is 0 Å². The quantitative estimate of drug-likeness (QED) is 0.655. The summed E-state index contributed by atoms with van der Waals surface area (Å²) in [6.07, 6.45) is 2.84. The van der Waals surface area contributed by atoms with Crippen LogP contribution in [0.3, 0.4) is 0 Å². The van der Waals surface area contributed by atoms with Gasteiger partial charge in [0, 0.05) is 32.8 Å². The zero-order valence-electron chi connectivity index (χ0n) is 11.4. The maximum absolute atomic E-state index is 12.1. The summed E-state index contributed by atoms with van der Waals surface area (Å²) in [6.45, 7) is 0.631. The number of aromatic amines is 1. The summed E-state index contributed by atoms with van der Waals surface area (Å²) in [4.78, 5) is 15.3. The van der Waals surface area contributed by atoms with E-state index in [2.05, 4.69) is 45.0 Å². The molecule has 0 spiro atoms. The number of nitrogens with one attached hydrogen (secondary N) is 2. The van der Waals surface area contributed by atoms with Crippen molar-refractivity contribution in [1.29, 1.82) is 0 Å². The molecule has 0 bridgehead atoms. The van der Waals surface area contributed by atoms with Gasteiger partial charge in [-0.1, -0.05) is 24.3 Å². The number of aromatic nitrogens is 1. The van der Waals surface area contributed by atoms with Gasteiger partial charge in [0.2, 0.25) is 0 Å². The van der Waals surface area contributed by atoms with Crippen LogP contribution in [0.15, 0.2) is 54.7 Å². The van der Waals surface area contributed by atoms with Gasteiger partial charge >= 0.3 is 0 Å². The number of carbonyl (C=O) groups is 1. The van der Waals surface area contributed by atoms with E-state index in [1.807, 2.05) is 42.6 Å². The Morgan fingerprint density at radius 1 is 1.14 bits per heavy atom. The molecule has 3 rings (SSSR count). The zero-order valence-corrected chi connectivity index (χ0v) is 13.6. The second kappa shape index (κ2) is 6.30. The number of para-hydroxylation sites is 1. The minimum atomic E-state index is -0.0200. The third-order valence-corrected chi connectivity index (χ3v) is 4.11. The highest BCUT2D eigenvalue weighted by Crippen LogP contribution is 2.17. The molecule has 4 heteroatoms. The van der Waals surface area contributed by atoms with Gasteiger partial charge in [0.1, 0.15) is 0 Å². The summed E-state index contributed by atoms with van der Waals surface area (Å²) in [5, 5.41) is 4.20. The number of fused-ring (bicyclic) bond motifs is 1. The van der Waals surface area contributed by atoms with Gasteiger partial charge in [-0.05, 0) is 58.8 Å². The Labute approximate surface area is 136 Å². The molecule has 1 amide bonds. The first kappa shape index (κ1) is 14.1. The average molecular weight is 390 g/mol. The van der Waals surface area contributed by atoms with Crippen molar-refractivity contribution in [3.8, 4) is 0 Å². The number of halogens is 1. The van der Waals surface area contributed by atoms with Crippen molar-refractivity contribution in [1.82, 2.24) is 10.3 Å². The number of H-pyrrole nitrogens is 1. The number of hydrogen-bond acceptors (Lipinski definition) is 1. The van der Waals surface area contributed by atoms with E-state index in [9.17, 15) is 4.79 Å². The molecule has 2 N–H and O–H groups in total. The summed E-state index contributed by atoms with van der Waals surface area (Å²) in [7, 11) is 0. The fraction of sp³-hybridized carbons (Fsp3) is 0.118. The normalized spacial score (nSPS) is 10.7. The van der Waals surface area contributed by atoms with Crippen LogP contribution in [0.25, 0.3) is 10.9 Å². The van der Waals surface area contributed by atoms with Gasteiger partial charge in [-0.2, -0.15) is 0 Å². The molecular weight excluding hydrogens is 375 g/mol. The maximum atomic E-state index is 12.1. The largest absolute Gasteiger partial charge is 0.361 e. The molecule has 0 atom stereocenters. The highest BCUT2D eigenvalue weighted by molar-refractivity contribution is 14.1. The second-order valence-corrected chi connectivity index (χ2v) is 6.12. The van der Waals surface area contributed by atoms with Crippen LogP contribution in [0.1, 0.15) is 15.9 Å². The predicted molar refractivity (Wildman–Crippen MR) is 93.5 cm³/mol. The molecule has 1 aromatic heterocycles. The van der Waals surface area contributed by atoms with E-state index in [-0.39, 0.29) is 5.91 Å². The average Bonchev–Trinajstić information content (AvgIpc) is 2.91. The van der Waals surface area contributed by atoms with Crippen molar-refractivity contribution in [2.45, 2.75) is 6.42 Å². The molecule has 0 unspecified atom stereocenters. The first-order valence-electron chi connectivity index (χ1n) is 6.83. The molecule has 106 valence electrons. The van der Waals surface area contributed by atoms with Gasteiger partial charge in [0.15, 0.2) is 0 Å². The Hall–Kier alpha value is -1.82. The first-order valence-corrected chi connectivity index (χ1v) is 7.91. The van der Waals surface area contributed by atoms with Crippen molar-refractivity contribution >= 4 is 39.4 Å². The standard InChI is InChI=1S/C17H15IN2O/c18-14-5-3-4-12(10-14)17(21)19-9-8-13-11-20-16-7-2-1-6-15(13)16/h1-7,10-11,20H,8-9H2,(H,19,21). The number of amides is 1. The van der Waals surface area contributed by atoms with Gasteiger partial charge in [-0.15, -0.1) is 0 Å². The van der Waals surface area contributed by atoms with Gasteiger partial charge in [-0.25, -0.2) is 0 Å². The summed E-state index contributed by atoms with van der Waals surface area (Å²) < 4.78 is 1.07. The van der Waals surface area contributed by atoms with Crippen molar-refractivity contribution < 1.29 is 4.79 Å². The molecule has 0 aliphatic carbocycles. The topological polar surface area (TPSA) is 44.9 Å². The van der Waals surface area contributed by atoms with Gasteiger partial charge in [0.25, 0.3) is 5.91 Å². The monoisotopic (exact) mass is 390 g/mol. The van der Waals surface area contributed by atoms with Crippen molar-refractivity contribution in [2.24, 2.45) is 0 Å². The molecule has 0 saturated heterocycles. The van der Waals surface area contributed by atoms with E-state index in [1.165, 1.54) is 10.9 Å². The van der Waals surface area contributed by atoms with E-state index in [0.717, 1.165) is 15.5 Å². The second-order valence-electron chi connectivity index (χ2n) is 4.88. The predicted octanol–water partition coefficient (Wildman–Crippen LogP) is 3.75. The Bertz CT molecular complexity index is 779. The lowest BCUT2D eigenvalue weighted by molar-refractivity contribution is 0.0954. The molecule has 3 nitrogen and oxygen atoms in total. The number of rotatable bonds is 4. The van der Waals surface area contributed by atoms with E-state index in [0.29, 0.717) is 12.1 Å². The maximum Gasteiger partial charge on any atom is 0.251 e. The molecule has 0 fully saturated rings. The minimum Gasteiger partial charge on any atom is -0.361 e. The highest BCUT2D eigenvalue weighted by atomic mass is 127. The summed E-state index contributed by atoms with van der Waals surface area (Å²) >= 11 is 2.21. The van der Waals surface area contributed by atoms with Crippen molar-refractivity contribution in [3.63, 3.8) is 0 Å². The zero-order chi connectivity index (χ0) is 14.7. The molecule has 2 aromatic carbocycles. The summed E-state index contributed by atoms with van der Waals surface area (Å²) in [5.41, 5.74) is 3.07. The van der Waals surface area contributed by atoms with Crippen LogP contribution in [0.5, 0.6) is 0 Å². The Kier molecular flexibility index (Phi) is 4.24. The minimum absolute atomic E-state index is 0.0200. The van der Waals surface area contributed by atoms with Crippen LogP contribution in [0.4, 0.5) is 0 Å². The molecule has 1 heterocycles. The Morgan fingerprint density at radius 2 is 2.00 bits per heavy atom. The summed E-state index contributed by atoms with van der Waals surface area (Å²) in [6, 6.07) is 15.8. The fourth-order valence-electron chi connectivity index (χ4n) is 2.38. The van der Waals surface area contributed by atoms with E-state index in [1.54, 1.807) is 0 Å². The fourth-order valence-corrected chi connectivity index (χ4v) is 2.92. The Morgan fingerprint density at radius 3 is 2.86 bits per heavy atom. The third-order valence-electron chi connectivity index (χ3n) is 3.44. The van der Waals surface area contributed by atoms with E-state index in [4.69, 9.17) is 0 Å². The number of carbonyl (C=O) groups excluding carboxylic acids is 1. The van der Waals surface area contributed by atoms with Gasteiger partial charge < -0.3 is 10.3 Å². The number of benzene rings is 2. The van der Waals surface area contributed by atoms with Gasteiger partial charge in [-0.3, -0.25) is 4.79 Å². The molecule has 0 radical (unpaired) electrons. The third kappa shape index (κ3) is 3.26. The molecule has 3 aromatic rings. The van der Waals surface area contributed by atoms with Crippen molar-refractivity contribution in [2.75, 3.05) is 6.54 Å². The van der Waals surface area contributed by atoms with Crippen LogP contribution in [-0.4, -0.2) is 17.4 Å². The molecular formula is C17H15IN2O. The smallest absolute Gasteiger partial charge is 0.251 e. The lowest BCUT2D eigenvalue weighted by Crippen LogP contribution is -2.25. The van der Waals surface area contributed by atoms with E-state index < -0.39 is 0 Å². The molecule has 0 aliphatic rings. The highest BCUT2D eigenvalue weighted by Gasteiger charge is 2.06. The van der Waals surface area contributed by atoms with Crippen LogP contribution in [0, 0.1) is 3.57 Å². The molecule has 21 heavy (non-hydrogen) atoms.